The minimum absolute atomic E-state index is 0.265. The fourth-order valence-corrected chi connectivity index (χ4v) is 5.29. The van der Waals surface area contributed by atoms with Crippen LogP contribution in [0.5, 0.6) is 11.5 Å². The standard InChI is InChI=1S/C22H21Cl3N4O3/c1-30-14-8-15(31-2)19(25)17(18(14)24)20-27-13-9-26-16(23)7-12(13)21(28-20)29-10-22(11-29)3-5-32-6-4-22/h7-9H,3-6,10-11H2,1-2H3. The zero-order chi connectivity index (χ0) is 22.5. The van der Waals surface area contributed by atoms with Gasteiger partial charge in [0.1, 0.15) is 22.5 Å². The maximum absolute atomic E-state index is 6.64. The number of rotatable bonds is 4. The molecular formula is C22H21Cl3N4O3. The SMILES string of the molecule is COc1cc(OC)c(Cl)c(-c2nc(N3CC4(CCOCC4)C3)c3cc(Cl)ncc3n2)c1Cl. The summed E-state index contributed by atoms with van der Waals surface area (Å²) in [5.41, 5.74) is 1.36. The third-order valence-electron chi connectivity index (χ3n) is 6.23. The molecule has 1 spiro atoms. The van der Waals surface area contributed by atoms with E-state index in [4.69, 9.17) is 59.0 Å². The average molecular weight is 496 g/mol. The lowest BCUT2D eigenvalue weighted by Crippen LogP contribution is -2.59. The number of anilines is 1. The van der Waals surface area contributed by atoms with E-state index in [0.29, 0.717) is 43.6 Å². The smallest absolute Gasteiger partial charge is 0.165 e. The van der Waals surface area contributed by atoms with Crippen molar-refractivity contribution in [3.8, 4) is 22.9 Å². The van der Waals surface area contributed by atoms with Crippen LogP contribution in [0.4, 0.5) is 5.82 Å². The van der Waals surface area contributed by atoms with E-state index < -0.39 is 0 Å². The number of hydrogen-bond acceptors (Lipinski definition) is 7. The minimum atomic E-state index is 0.265. The Bertz CT molecular complexity index is 1160. The normalized spacial score (nSPS) is 17.5. The topological polar surface area (TPSA) is 69.6 Å². The molecule has 0 aliphatic carbocycles. The van der Waals surface area contributed by atoms with Gasteiger partial charge in [0, 0.05) is 43.2 Å². The highest BCUT2D eigenvalue weighted by molar-refractivity contribution is 6.41. The van der Waals surface area contributed by atoms with Crippen molar-refractivity contribution in [2.75, 3.05) is 45.4 Å². The Morgan fingerprint density at radius 2 is 1.62 bits per heavy atom. The van der Waals surface area contributed by atoms with Crippen molar-refractivity contribution in [1.29, 1.82) is 0 Å². The number of fused-ring (bicyclic) bond motifs is 1. The van der Waals surface area contributed by atoms with Crippen molar-refractivity contribution < 1.29 is 14.2 Å². The second kappa shape index (κ2) is 8.37. The van der Waals surface area contributed by atoms with Gasteiger partial charge in [-0.05, 0) is 18.9 Å². The molecule has 5 rings (SSSR count). The number of methoxy groups -OCH3 is 2. The van der Waals surface area contributed by atoms with Crippen molar-refractivity contribution in [1.82, 2.24) is 15.0 Å². The Morgan fingerprint density at radius 3 is 2.25 bits per heavy atom. The van der Waals surface area contributed by atoms with Gasteiger partial charge in [-0.1, -0.05) is 34.8 Å². The fourth-order valence-electron chi connectivity index (χ4n) is 4.46. The van der Waals surface area contributed by atoms with Gasteiger partial charge in [-0.2, -0.15) is 0 Å². The highest BCUT2D eigenvalue weighted by Gasteiger charge is 2.45. The largest absolute Gasteiger partial charge is 0.495 e. The lowest BCUT2D eigenvalue weighted by atomic mass is 9.73. The van der Waals surface area contributed by atoms with Gasteiger partial charge >= 0.3 is 0 Å². The zero-order valence-corrected chi connectivity index (χ0v) is 19.9. The van der Waals surface area contributed by atoms with Gasteiger partial charge in [-0.25, -0.2) is 15.0 Å². The molecule has 2 saturated heterocycles. The molecule has 0 atom stereocenters. The van der Waals surface area contributed by atoms with Gasteiger partial charge in [0.05, 0.1) is 41.5 Å². The molecule has 0 bridgehead atoms. The molecule has 0 amide bonds. The third kappa shape index (κ3) is 3.61. The molecule has 0 saturated carbocycles. The molecule has 10 heteroatoms. The molecule has 0 radical (unpaired) electrons. The van der Waals surface area contributed by atoms with Gasteiger partial charge in [-0.15, -0.1) is 0 Å². The van der Waals surface area contributed by atoms with Crippen molar-refractivity contribution in [2.45, 2.75) is 12.8 Å². The Balaban J connectivity index is 1.66. The molecule has 1 aromatic carbocycles. The second-order valence-corrected chi connectivity index (χ2v) is 9.29. The number of benzene rings is 1. The summed E-state index contributed by atoms with van der Waals surface area (Å²) in [6, 6.07) is 3.43. The predicted molar refractivity (Wildman–Crippen MR) is 126 cm³/mol. The summed E-state index contributed by atoms with van der Waals surface area (Å²) in [4.78, 5) is 16.1. The maximum Gasteiger partial charge on any atom is 0.165 e. The first-order valence-electron chi connectivity index (χ1n) is 10.2. The summed E-state index contributed by atoms with van der Waals surface area (Å²) in [5.74, 6) is 2.00. The molecule has 0 unspecified atom stereocenters. The maximum atomic E-state index is 6.64. The molecule has 3 aromatic rings. The van der Waals surface area contributed by atoms with Gasteiger partial charge in [0.2, 0.25) is 0 Å². The highest BCUT2D eigenvalue weighted by Crippen LogP contribution is 2.47. The summed E-state index contributed by atoms with van der Waals surface area (Å²) in [5, 5.41) is 1.85. The molecule has 0 N–H and O–H groups in total. The second-order valence-electron chi connectivity index (χ2n) is 8.15. The minimum Gasteiger partial charge on any atom is -0.495 e. The lowest BCUT2D eigenvalue weighted by molar-refractivity contribution is -0.000353. The molecule has 2 aromatic heterocycles. The summed E-state index contributed by atoms with van der Waals surface area (Å²) >= 11 is 19.5. The van der Waals surface area contributed by atoms with Crippen LogP contribution in [0.2, 0.25) is 15.2 Å². The van der Waals surface area contributed by atoms with Crippen LogP contribution < -0.4 is 14.4 Å². The number of halogens is 3. The van der Waals surface area contributed by atoms with Gasteiger partial charge in [0.25, 0.3) is 0 Å². The number of pyridine rings is 1. The lowest BCUT2D eigenvalue weighted by Gasteiger charge is -2.53. The molecule has 2 aliphatic rings. The number of nitrogens with zero attached hydrogens (tertiary/aromatic N) is 4. The summed E-state index contributed by atoms with van der Waals surface area (Å²) in [6.07, 6.45) is 3.73. The quantitative estimate of drug-likeness (QED) is 0.456. The first kappa shape index (κ1) is 21.8. The Labute approximate surface area is 200 Å². The molecule has 32 heavy (non-hydrogen) atoms. The van der Waals surface area contributed by atoms with Crippen molar-refractivity contribution in [2.24, 2.45) is 5.41 Å². The molecular weight excluding hydrogens is 475 g/mol. The number of ether oxygens (including phenoxy) is 3. The van der Waals surface area contributed by atoms with Crippen LogP contribution in [0.25, 0.3) is 22.3 Å². The van der Waals surface area contributed by atoms with E-state index in [1.165, 1.54) is 14.2 Å². The van der Waals surface area contributed by atoms with E-state index in [1.54, 1.807) is 18.3 Å². The molecule has 2 aliphatic heterocycles. The van der Waals surface area contributed by atoms with Gasteiger partial charge < -0.3 is 19.1 Å². The Kier molecular flexibility index (Phi) is 5.70. The zero-order valence-electron chi connectivity index (χ0n) is 17.6. The summed E-state index contributed by atoms with van der Waals surface area (Å²) in [6.45, 7) is 3.39. The Hall–Kier alpha value is -2.06. The van der Waals surface area contributed by atoms with E-state index in [-0.39, 0.29) is 5.41 Å². The summed E-state index contributed by atoms with van der Waals surface area (Å²) < 4.78 is 16.4. The van der Waals surface area contributed by atoms with E-state index in [9.17, 15) is 0 Å². The van der Waals surface area contributed by atoms with Crippen LogP contribution in [0.3, 0.4) is 0 Å². The monoisotopic (exact) mass is 494 g/mol. The summed E-state index contributed by atoms with van der Waals surface area (Å²) in [7, 11) is 3.06. The Morgan fingerprint density at radius 1 is 0.969 bits per heavy atom. The first-order chi connectivity index (χ1) is 15.4. The molecule has 4 heterocycles. The van der Waals surface area contributed by atoms with E-state index >= 15 is 0 Å². The molecule has 7 nitrogen and oxygen atoms in total. The van der Waals surface area contributed by atoms with E-state index in [0.717, 1.165) is 50.3 Å². The number of aromatic nitrogens is 3. The van der Waals surface area contributed by atoms with Crippen molar-refractivity contribution in [3.63, 3.8) is 0 Å². The van der Waals surface area contributed by atoms with Gasteiger partial charge in [-0.3, -0.25) is 0 Å². The van der Waals surface area contributed by atoms with E-state index in [1.807, 2.05) is 0 Å². The highest BCUT2D eigenvalue weighted by atomic mass is 35.5. The van der Waals surface area contributed by atoms with Gasteiger partial charge in [0.15, 0.2) is 5.82 Å². The van der Waals surface area contributed by atoms with Crippen LogP contribution in [0.1, 0.15) is 12.8 Å². The van der Waals surface area contributed by atoms with Crippen LogP contribution in [0.15, 0.2) is 18.3 Å². The average Bonchev–Trinajstić information content (AvgIpc) is 2.78. The number of hydrogen-bond donors (Lipinski definition) is 0. The fraction of sp³-hybridized carbons (Fsp3) is 0.409. The first-order valence-corrected chi connectivity index (χ1v) is 11.3. The molecule has 168 valence electrons. The van der Waals surface area contributed by atoms with E-state index in [2.05, 4.69) is 9.88 Å². The van der Waals surface area contributed by atoms with Crippen LogP contribution >= 0.6 is 34.8 Å². The van der Waals surface area contributed by atoms with Crippen molar-refractivity contribution >= 4 is 51.5 Å². The molecule has 2 fully saturated rings. The van der Waals surface area contributed by atoms with Crippen LogP contribution in [-0.2, 0) is 4.74 Å². The van der Waals surface area contributed by atoms with Crippen LogP contribution in [0, 0.1) is 5.41 Å². The predicted octanol–water partition coefficient (Wildman–Crippen LogP) is 5.29. The van der Waals surface area contributed by atoms with Crippen LogP contribution in [-0.4, -0.2) is 55.5 Å². The third-order valence-corrected chi connectivity index (χ3v) is 7.19. The van der Waals surface area contributed by atoms with Crippen molar-refractivity contribution in [3.05, 3.63) is 33.5 Å².